The highest BCUT2D eigenvalue weighted by Crippen LogP contribution is 2.08. The van der Waals surface area contributed by atoms with Gasteiger partial charge in [-0.3, -0.25) is 4.98 Å². The van der Waals surface area contributed by atoms with E-state index in [1.165, 1.54) is 4.31 Å². The topological polar surface area (TPSA) is 88.3 Å². The van der Waals surface area contributed by atoms with Crippen LogP contribution in [0.5, 0.6) is 0 Å². The second kappa shape index (κ2) is 7.54. The molecular weight excluding hydrogens is 264 g/mol. The summed E-state index contributed by atoms with van der Waals surface area (Å²) < 4.78 is 28.4. The van der Waals surface area contributed by atoms with Crippen molar-refractivity contribution >= 4 is 10.2 Å². The monoisotopic (exact) mass is 286 g/mol. The van der Waals surface area contributed by atoms with Crippen LogP contribution in [0.3, 0.4) is 0 Å². The van der Waals surface area contributed by atoms with Gasteiger partial charge in [0.15, 0.2) is 0 Å². The van der Waals surface area contributed by atoms with Crippen molar-refractivity contribution in [3.05, 3.63) is 30.1 Å². The highest BCUT2D eigenvalue weighted by molar-refractivity contribution is 7.87. The molecule has 0 aliphatic rings. The molecule has 7 heteroatoms. The summed E-state index contributed by atoms with van der Waals surface area (Å²) in [6, 6.07) is 3.51. The minimum absolute atomic E-state index is 0.140. The van der Waals surface area contributed by atoms with Gasteiger partial charge >= 0.3 is 0 Å². The van der Waals surface area contributed by atoms with Crippen LogP contribution in [0.1, 0.15) is 25.8 Å². The summed E-state index contributed by atoms with van der Waals surface area (Å²) in [5.41, 5.74) is 6.32. The van der Waals surface area contributed by atoms with E-state index in [0.29, 0.717) is 26.1 Å². The maximum Gasteiger partial charge on any atom is 0.279 e. The number of hydrogen-bond acceptors (Lipinski definition) is 4. The van der Waals surface area contributed by atoms with Crippen molar-refractivity contribution in [3.63, 3.8) is 0 Å². The van der Waals surface area contributed by atoms with E-state index < -0.39 is 10.2 Å². The lowest BCUT2D eigenvalue weighted by atomic mass is 10.3. The Morgan fingerprint density at radius 2 is 2.21 bits per heavy atom. The lowest BCUT2D eigenvalue weighted by molar-refractivity contribution is 0.390. The van der Waals surface area contributed by atoms with Gasteiger partial charge in [0.1, 0.15) is 0 Å². The van der Waals surface area contributed by atoms with Crippen LogP contribution in [0, 0.1) is 0 Å². The molecule has 0 amide bonds. The van der Waals surface area contributed by atoms with Gasteiger partial charge in [0, 0.05) is 31.5 Å². The van der Waals surface area contributed by atoms with Gasteiger partial charge < -0.3 is 5.73 Å². The summed E-state index contributed by atoms with van der Waals surface area (Å²) >= 11 is 0. The van der Waals surface area contributed by atoms with E-state index in [-0.39, 0.29) is 6.04 Å². The molecule has 0 spiro atoms. The number of nitrogens with two attached hydrogens (primary N) is 1. The molecule has 1 aromatic heterocycles. The van der Waals surface area contributed by atoms with Crippen molar-refractivity contribution in [1.29, 1.82) is 0 Å². The summed E-state index contributed by atoms with van der Waals surface area (Å²) in [7, 11) is -3.49. The predicted octanol–water partition coefficient (Wildman–Crippen LogP) is 0.475. The fourth-order valence-electron chi connectivity index (χ4n) is 1.62. The van der Waals surface area contributed by atoms with Gasteiger partial charge in [-0.1, -0.05) is 6.07 Å². The molecule has 19 heavy (non-hydrogen) atoms. The molecule has 1 heterocycles. The molecule has 1 rings (SSSR count). The Bertz CT molecular complexity index is 462. The van der Waals surface area contributed by atoms with Crippen LogP contribution in [-0.2, 0) is 16.8 Å². The molecule has 0 fully saturated rings. The Kier molecular flexibility index (Phi) is 6.36. The molecule has 0 unspecified atom stereocenters. The van der Waals surface area contributed by atoms with E-state index in [9.17, 15) is 8.42 Å². The van der Waals surface area contributed by atoms with Gasteiger partial charge in [-0.15, -0.1) is 0 Å². The van der Waals surface area contributed by atoms with Crippen molar-refractivity contribution < 1.29 is 8.42 Å². The van der Waals surface area contributed by atoms with E-state index in [1.54, 1.807) is 32.3 Å². The van der Waals surface area contributed by atoms with E-state index in [1.807, 2.05) is 6.07 Å². The zero-order chi connectivity index (χ0) is 14.3. The van der Waals surface area contributed by atoms with Gasteiger partial charge in [0.05, 0.1) is 0 Å². The molecule has 0 atom stereocenters. The van der Waals surface area contributed by atoms with E-state index in [2.05, 4.69) is 9.71 Å². The highest BCUT2D eigenvalue weighted by atomic mass is 32.2. The predicted molar refractivity (Wildman–Crippen MR) is 75.5 cm³/mol. The third kappa shape index (κ3) is 5.65. The number of pyridine rings is 1. The first-order chi connectivity index (χ1) is 8.95. The number of aromatic nitrogens is 1. The lowest BCUT2D eigenvalue weighted by Crippen LogP contribution is -2.44. The molecule has 0 saturated heterocycles. The van der Waals surface area contributed by atoms with E-state index in [4.69, 9.17) is 5.73 Å². The molecule has 6 nitrogen and oxygen atoms in total. The highest BCUT2D eigenvalue weighted by Gasteiger charge is 2.22. The first kappa shape index (κ1) is 16.0. The maximum absolute atomic E-state index is 12.2. The third-order valence-electron chi connectivity index (χ3n) is 2.42. The molecule has 3 N–H and O–H groups in total. The number of rotatable bonds is 8. The average Bonchev–Trinajstić information content (AvgIpc) is 2.34. The minimum atomic E-state index is -3.49. The average molecular weight is 286 g/mol. The molecule has 0 aliphatic carbocycles. The fourth-order valence-corrected chi connectivity index (χ4v) is 3.05. The molecule has 0 aromatic carbocycles. The largest absolute Gasteiger partial charge is 0.330 e. The van der Waals surface area contributed by atoms with Crippen LogP contribution in [0.15, 0.2) is 24.5 Å². The summed E-state index contributed by atoms with van der Waals surface area (Å²) in [5.74, 6) is 0. The van der Waals surface area contributed by atoms with E-state index in [0.717, 1.165) is 5.56 Å². The number of nitrogens with one attached hydrogen (secondary N) is 1. The molecule has 0 radical (unpaired) electrons. The smallest absolute Gasteiger partial charge is 0.279 e. The van der Waals surface area contributed by atoms with Crippen LogP contribution in [0.4, 0.5) is 0 Å². The Balaban J connectivity index is 2.82. The lowest BCUT2D eigenvalue weighted by Gasteiger charge is -2.23. The summed E-state index contributed by atoms with van der Waals surface area (Å²) in [6.07, 6.45) is 3.95. The maximum atomic E-state index is 12.2. The van der Waals surface area contributed by atoms with Crippen LogP contribution < -0.4 is 10.5 Å². The van der Waals surface area contributed by atoms with Crippen molar-refractivity contribution in [2.75, 3.05) is 13.1 Å². The second-order valence-electron chi connectivity index (χ2n) is 4.61. The van der Waals surface area contributed by atoms with Crippen LogP contribution in [-0.4, -0.2) is 36.8 Å². The first-order valence-electron chi connectivity index (χ1n) is 6.32. The quantitative estimate of drug-likeness (QED) is 0.727. The fraction of sp³-hybridized carbons (Fsp3) is 0.583. The second-order valence-corrected chi connectivity index (χ2v) is 6.32. The Morgan fingerprint density at radius 1 is 1.47 bits per heavy atom. The van der Waals surface area contributed by atoms with Gasteiger partial charge in [-0.25, -0.2) is 0 Å². The van der Waals surface area contributed by atoms with Crippen LogP contribution in [0.25, 0.3) is 0 Å². The van der Waals surface area contributed by atoms with Crippen LogP contribution in [0.2, 0.25) is 0 Å². The van der Waals surface area contributed by atoms with Crippen molar-refractivity contribution in [2.45, 2.75) is 32.9 Å². The normalized spacial score (nSPS) is 12.3. The van der Waals surface area contributed by atoms with Crippen molar-refractivity contribution in [2.24, 2.45) is 5.73 Å². The minimum Gasteiger partial charge on any atom is -0.330 e. The van der Waals surface area contributed by atoms with Crippen LogP contribution >= 0.6 is 0 Å². The zero-order valence-corrected chi connectivity index (χ0v) is 12.2. The van der Waals surface area contributed by atoms with Gasteiger partial charge in [-0.2, -0.15) is 17.4 Å². The molecule has 0 saturated carbocycles. The SMILES string of the molecule is CC(C)NS(=O)(=O)N(CCCN)Cc1cccnc1. The first-order valence-corrected chi connectivity index (χ1v) is 7.76. The molecule has 108 valence electrons. The Labute approximate surface area is 115 Å². The Hall–Kier alpha value is -1.02. The Morgan fingerprint density at radius 3 is 2.74 bits per heavy atom. The number of hydrogen-bond donors (Lipinski definition) is 2. The molecular formula is C12H22N4O2S. The standard InChI is InChI=1S/C12H22N4O2S/c1-11(2)15-19(17,18)16(8-4-6-13)10-12-5-3-7-14-9-12/h3,5,7,9,11,15H,4,6,8,10,13H2,1-2H3. The molecule has 1 aromatic rings. The third-order valence-corrected chi connectivity index (χ3v) is 4.18. The van der Waals surface area contributed by atoms with Gasteiger partial charge in [-0.05, 0) is 38.4 Å². The van der Waals surface area contributed by atoms with Crippen molar-refractivity contribution in [1.82, 2.24) is 14.0 Å². The van der Waals surface area contributed by atoms with Gasteiger partial charge in [0.25, 0.3) is 10.2 Å². The van der Waals surface area contributed by atoms with E-state index >= 15 is 0 Å². The summed E-state index contributed by atoms with van der Waals surface area (Å²) in [6.45, 7) is 4.75. The summed E-state index contributed by atoms with van der Waals surface area (Å²) in [4.78, 5) is 3.99. The molecule has 0 bridgehead atoms. The zero-order valence-electron chi connectivity index (χ0n) is 11.4. The van der Waals surface area contributed by atoms with Gasteiger partial charge in [0.2, 0.25) is 0 Å². The summed E-state index contributed by atoms with van der Waals surface area (Å²) in [5, 5.41) is 0. The van der Waals surface area contributed by atoms with Crippen molar-refractivity contribution in [3.8, 4) is 0 Å². The number of nitrogens with zero attached hydrogens (tertiary/aromatic N) is 2. The molecule has 0 aliphatic heterocycles.